The van der Waals surface area contributed by atoms with Gasteiger partial charge in [-0.15, -0.1) is 0 Å². The standard InChI is InChI=1S/C16H24O5/c1-5-18-13-9-12(16(4)20-7-8-21-16)10-14(19-6-2)15(13)11(3)17/h9-11,17H,5-8H2,1-4H3. The summed E-state index contributed by atoms with van der Waals surface area (Å²) in [5, 5.41) is 10.0. The van der Waals surface area contributed by atoms with Crippen LogP contribution in [0.15, 0.2) is 12.1 Å². The molecule has 5 nitrogen and oxygen atoms in total. The lowest BCUT2D eigenvalue weighted by Gasteiger charge is -2.26. The third kappa shape index (κ3) is 3.31. The van der Waals surface area contributed by atoms with E-state index in [0.717, 1.165) is 5.56 Å². The van der Waals surface area contributed by atoms with Gasteiger partial charge in [0.2, 0.25) is 0 Å². The minimum Gasteiger partial charge on any atom is -0.493 e. The van der Waals surface area contributed by atoms with Crippen molar-refractivity contribution in [2.45, 2.75) is 39.6 Å². The molecule has 1 unspecified atom stereocenters. The molecule has 0 saturated carbocycles. The Morgan fingerprint density at radius 2 is 1.62 bits per heavy atom. The molecule has 1 aromatic rings. The van der Waals surface area contributed by atoms with Crippen LogP contribution in [0.1, 0.15) is 44.9 Å². The van der Waals surface area contributed by atoms with E-state index < -0.39 is 11.9 Å². The van der Waals surface area contributed by atoms with Crippen LogP contribution in [0.2, 0.25) is 0 Å². The zero-order chi connectivity index (χ0) is 15.5. The molecule has 1 N–H and O–H groups in total. The Bertz CT molecular complexity index is 451. The second kappa shape index (κ2) is 6.64. The topological polar surface area (TPSA) is 57.2 Å². The number of benzene rings is 1. The van der Waals surface area contributed by atoms with E-state index in [1.54, 1.807) is 6.92 Å². The molecule has 1 aromatic carbocycles. The monoisotopic (exact) mass is 296 g/mol. The quantitative estimate of drug-likeness (QED) is 0.874. The summed E-state index contributed by atoms with van der Waals surface area (Å²) in [5.74, 6) is 0.414. The lowest BCUT2D eigenvalue weighted by molar-refractivity contribution is -0.149. The summed E-state index contributed by atoms with van der Waals surface area (Å²) < 4.78 is 22.8. The summed E-state index contributed by atoms with van der Waals surface area (Å²) >= 11 is 0. The third-order valence-corrected chi connectivity index (χ3v) is 3.48. The van der Waals surface area contributed by atoms with Crippen molar-refractivity contribution in [1.82, 2.24) is 0 Å². The molecule has 1 heterocycles. The molecule has 0 aromatic heterocycles. The average Bonchev–Trinajstić information content (AvgIpc) is 2.87. The first kappa shape index (κ1) is 16.1. The number of rotatable bonds is 6. The van der Waals surface area contributed by atoms with Crippen molar-refractivity contribution in [3.05, 3.63) is 23.3 Å². The van der Waals surface area contributed by atoms with Crippen LogP contribution in [0, 0.1) is 0 Å². The fourth-order valence-corrected chi connectivity index (χ4v) is 2.51. The molecule has 21 heavy (non-hydrogen) atoms. The molecule has 1 aliphatic rings. The number of hydrogen-bond donors (Lipinski definition) is 1. The van der Waals surface area contributed by atoms with Crippen LogP contribution in [0.4, 0.5) is 0 Å². The molecule has 1 fully saturated rings. The van der Waals surface area contributed by atoms with E-state index in [9.17, 15) is 5.11 Å². The Morgan fingerprint density at radius 1 is 1.14 bits per heavy atom. The van der Waals surface area contributed by atoms with E-state index in [2.05, 4.69) is 0 Å². The van der Waals surface area contributed by atoms with E-state index >= 15 is 0 Å². The van der Waals surface area contributed by atoms with Crippen molar-refractivity contribution in [1.29, 1.82) is 0 Å². The Labute approximate surface area is 125 Å². The molecule has 1 saturated heterocycles. The lowest BCUT2D eigenvalue weighted by Crippen LogP contribution is -2.23. The van der Waals surface area contributed by atoms with E-state index in [0.29, 0.717) is 43.5 Å². The fourth-order valence-electron chi connectivity index (χ4n) is 2.51. The van der Waals surface area contributed by atoms with Gasteiger partial charge in [0.05, 0.1) is 38.1 Å². The Kier molecular flexibility index (Phi) is 5.08. The number of ether oxygens (including phenoxy) is 4. The SMILES string of the molecule is CCOc1cc(C2(C)OCCO2)cc(OCC)c1C(C)O. The van der Waals surface area contributed by atoms with Crippen molar-refractivity contribution < 1.29 is 24.1 Å². The van der Waals surface area contributed by atoms with Gasteiger partial charge in [-0.3, -0.25) is 0 Å². The highest BCUT2D eigenvalue weighted by atomic mass is 16.7. The first-order chi connectivity index (χ1) is 10.0. The molecule has 0 spiro atoms. The van der Waals surface area contributed by atoms with Crippen molar-refractivity contribution in [2.24, 2.45) is 0 Å². The molecular weight excluding hydrogens is 272 g/mol. The maximum atomic E-state index is 10.0. The minimum atomic E-state index is -0.797. The zero-order valence-corrected chi connectivity index (χ0v) is 13.1. The second-order valence-electron chi connectivity index (χ2n) is 5.07. The minimum absolute atomic E-state index is 0.507. The first-order valence-electron chi connectivity index (χ1n) is 7.41. The first-order valence-corrected chi connectivity index (χ1v) is 7.41. The van der Waals surface area contributed by atoms with Gasteiger partial charge in [-0.1, -0.05) is 0 Å². The maximum Gasteiger partial charge on any atom is 0.192 e. The van der Waals surface area contributed by atoms with Crippen molar-refractivity contribution in [3.63, 3.8) is 0 Å². The maximum absolute atomic E-state index is 10.0. The second-order valence-corrected chi connectivity index (χ2v) is 5.07. The zero-order valence-electron chi connectivity index (χ0n) is 13.1. The summed E-state index contributed by atoms with van der Waals surface area (Å²) in [5.41, 5.74) is 1.49. The van der Waals surface area contributed by atoms with Gasteiger partial charge < -0.3 is 24.1 Å². The van der Waals surface area contributed by atoms with Gasteiger partial charge >= 0.3 is 0 Å². The van der Waals surface area contributed by atoms with Gasteiger partial charge in [-0.2, -0.15) is 0 Å². The Morgan fingerprint density at radius 3 is 2.00 bits per heavy atom. The van der Waals surface area contributed by atoms with Crippen LogP contribution in [-0.4, -0.2) is 31.5 Å². The van der Waals surface area contributed by atoms with Gasteiger partial charge in [-0.25, -0.2) is 0 Å². The van der Waals surface area contributed by atoms with Crippen LogP contribution in [0.5, 0.6) is 11.5 Å². The summed E-state index contributed by atoms with van der Waals surface area (Å²) in [6.07, 6.45) is -0.680. The van der Waals surface area contributed by atoms with Gasteiger partial charge in [0.25, 0.3) is 0 Å². The largest absolute Gasteiger partial charge is 0.493 e. The predicted molar refractivity (Wildman–Crippen MR) is 78.7 cm³/mol. The van der Waals surface area contributed by atoms with Crippen LogP contribution in [0.25, 0.3) is 0 Å². The molecule has 0 aliphatic carbocycles. The summed E-state index contributed by atoms with van der Waals surface area (Å²) in [7, 11) is 0. The van der Waals surface area contributed by atoms with E-state index in [1.165, 1.54) is 0 Å². The fraction of sp³-hybridized carbons (Fsp3) is 0.625. The third-order valence-electron chi connectivity index (χ3n) is 3.48. The Hall–Kier alpha value is -1.30. The molecule has 0 bridgehead atoms. The van der Waals surface area contributed by atoms with Crippen LogP contribution in [0.3, 0.4) is 0 Å². The molecule has 118 valence electrons. The van der Waals surface area contributed by atoms with Crippen molar-refractivity contribution in [2.75, 3.05) is 26.4 Å². The normalized spacial score (nSPS) is 18.5. The van der Waals surface area contributed by atoms with E-state index in [-0.39, 0.29) is 0 Å². The molecule has 2 rings (SSSR count). The number of hydrogen-bond acceptors (Lipinski definition) is 5. The molecule has 0 amide bonds. The molecule has 5 heteroatoms. The van der Waals surface area contributed by atoms with Gasteiger partial charge in [0.15, 0.2) is 5.79 Å². The molecule has 0 radical (unpaired) electrons. The van der Waals surface area contributed by atoms with Gasteiger partial charge in [0, 0.05) is 5.56 Å². The number of aliphatic hydroxyl groups is 1. The molecule has 1 aliphatic heterocycles. The summed E-state index contributed by atoms with van der Waals surface area (Å²) in [4.78, 5) is 0. The molecule has 1 atom stereocenters. The summed E-state index contributed by atoms with van der Waals surface area (Å²) in [6, 6.07) is 3.72. The highest BCUT2D eigenvalue weighted by Crippen LogP contribution is 2.41. The van der Waals surface area contributed by atoms with Crippen molar-refractivity contribution >= 4 is 0 Å². The van der Waals surface area contributed by atoms with Crippen molar-refractivity contribution in [3.8, 4) is 11.5 Å². The van der Waals surface area contributed by atoms with Crippen LogP contribution < -0.4 is 9.47 Å². The van der Waals surface area contributed by atoms with E-state index in [4.69, 9.17) is 18.9 Å². The smallest absolute Gasteiger partial charge is 0.192 e. The highest BCUT2D eigenvalue weighted by molar-refractivity contribution is 5.50. The average molecular weight is 296 g/mol. The lowest BCUT2D eigenvalue weighted by atomic mass is 10.00. The number of aliphatic hydroxyl groups excluding tert-OH is 1. The van der Waals surface area contributed by atoms with Gasteiger partial charge in [0.1, 0.15) is 11.5 Å². The highest BCUT2D eigenvalue weighted by Gasteiger charge is 2.35. The summed E-state index contributed by atoms with van der Waals surface area (Å²) in [6.45, 7) is 9.52. The van der Waals surface area contributed by atoms with E-state index in [1.807, 2.05) is 32.9 Å². The Balaban J connectivity index is 2.52. The predicted octanol–water partition coefficient (Wildman–Crippen LogP) is 2.76. The van der Waals surface area contributed by atoms with Crippen LogP contribution in [-0.2, 0) is 15.3 Å². The van der Waals surface area contributed by atoms with Crippen LogP contribution >= 0.6 is 0 Å². The molecular formula is C16H24O5. The van der Waals surface area contributed by atoms with Gasteiger partial charge in [-0.05, 0) is 39.8 Å².